The molecule has 3 N–H and O–H groups in total. The van der Waals surface area contributed by atoms with Gasteiger partial charge in [0.15, 0.2) is 5.43 Å². The molecule has 1 unspecified atom stereocenters. The van der Waals surface area contributed by atoms with Gasteiger partial charge in [0.25, 0.3) is 11.8 Å². The number of nitrogens with zero attached hydrogens (tertiary/aromatic N) is 6. The first-order valence-corrected chi connectivity index (χ1v) is 22.4. The standard InChI is InChI=1S/C49H58N8O6/c1-48(2)46(49(3,4)47(48)63-39-14-8-32(27-50)42-41(39)38(58)18-19-53(42)5)52-43(60)31-6-9-34(10-7-31)55-20-16-30(17-21-55)28-54-22-24-56(25-23-54)35-11-12-36-33(26-35)29-57(45(36)62)37-13-15-40(59)51-44(37)61/h6-12,14,18-19,26,30,37,44,46-47,61H,13,15-17,20-25,28-29H2,1-5H3,(H,51,59)(H,52,60)/t37-,44?,46?,47?/m0/s1. The third-order valence-electron chi connectivity index (χ3n) is 14.7. The number of nitrogens with one attached hydrogen (secondary N) is 2. The SMILES string of the molecule is Cn1ccc(=O)c2c(OC3C(C)(C)C(NC(=O)c4ccc(N5CCC(CN6CCN(c7ccc8c(c7)CN([C@H]7CCC(=O)NC7O)C8=O)CC6)CC5)cc4)C3(C)C)ccc(C#N)c21. The predicted octanol–water partition coefficient (Wildman–Crippen LogP) is 4.61. The van der Waals surface area contributed by atoms with E-state index in [1.54, 1.807) is 27.8 Å². The molecular formula is C49H58N8O6. The number of aliphatic hydroxyl groups is 1. The molecule has 14 nitrogen and oxygen atoms in total. The van der Waals surface area contributed by atoms with Crippen LogP contribution >= 0.6 is 0 Å². The number of hydrogen-bond acceptors (Lipinski definition) is 10. The van der Waals surface area contributed by atoms with Gasteiger partial charge in [-0.3, -0.25) is 24.1 Å². The first kappa shape index (κ1) is 42.4. The zero-order chi connectivity index (χ0) is 44.4. The highest BCUT2D eigenvalue weighted by Crippen LogP contribution is 2.56. The molecule has 5 heterocycles. The predicted molar refractivity (Wildman–Crippen MR) is 241 cm³/mol. The summed E-state index contributed by atoms with van der Waals surface area (Å²) in [5.41, 5.74) is 4.36. The van der Waals surface area contributed by atoms with E-state index in [0.29, 0.717) is 58.6 Å². The van der Waals surface area contributed by atoms with E-state index in [-0.39, 0.29) is 35.3 Å². The molecule has 5 aliphatic rings. The average molecular weight is 855 g/mol. The van der Waals surface area contributed by atoms with Crippen molar-refractivity contribution in [3.63, 3.8) is 0 Å². The van der Waals surface area contributed by atoms with E-state index in [1.807, 2.05) is 31.3 Å². The number of aryl methyl sites for hydroxylation is 1. The summed E-state index contributed by atoms with van der Waals surface area (Å²) in [4.78, 5) is 60.8. The Bertz CT molecular complexity index is 2530. The van der Waals surface area contributed by atoms with Gasteiger partial charge in [-0.05, 0) is 85.3 Å². The van der Waals surface area contributed by atoms with Gasteiger partial charge in [-0.1, -0.05) is 27.7 Å². The Morgan fingerprint density at radius 1 is 0.889 bits per heavy atom. The van der Waals surface area contributed by atoms with Crippen molar-refractivity contribution < 1.29 is 24.2 Å². The van der Waals surface area contributed by atoms with Crippen molar-refractivity contribution in [2.75, 3.05) is 55.6 Å². The van der Waals surface area contributed by atoms with Crippen molar-refractivity contribution in [1.29, 1.82) is 5.26 Å². The fraction of sp³-hybridized carbons (Fsp3) is 0.490. The van der Waals surface area contributed by atoms with Gasteiger partial charge in [-0.25, -0.2) is 0 Å². The number of carbonyl (C=O) groups excluding carboxylic acids is 3. The summed E-state index contributed by atoms with van der Waals surface area (Å²) < 4.78 is 8.40. The molecule has 1 saturated carbocycles. The molecule has 4 aliphatic heterocycles. The number of aromatic nitrogens is 1. The monoisotopic (exact) mass is 854 g/mol. The number of piperidine rings is 2. The number of pyridine rings is 1. The average Bonchev–Trinajstić information content (AvgIpc) is 3.60. The second-order valence-electron chi connectivity index (χ2n) is 19.4. The van der Waals surface area contributed by atoms with Gasteiger partial charge in [0.1, 0.15) is 24.2 Å². The number of hydrogen-bond donors (Lipinski definition) is 3. The van der Waals surface area contributed by atoms with Crippen LogP contribution in [-0.4, -0.2) is 107 Å². The minimum absolute atomic E-state index is 0.0832. The molecule has 9 rings (SSSR count). The number of aliphatic hydroxyl groups excluding tert-OH is 1. The van der Waals surface area contributed by atoms with Crippen LogP contribution in [0.3, 0.4) is 0 Å². The maximum Gasteiger partial charge on any atom is 0.254 e. The summed E-state index contributed by atoms with van der Waals surface area (Å²) in [5.74, 6) is 0.667. The van der Waals surface area contributed by atoms with Crippen molar-refractivity contribution >= 4 is 40.0 Å². The molecule has 4 fully saturated rings. The summed E-state index contributed by atoms with van der Waals surface area (Å²) in [6, 6.07) is 20.5. The molecule has 3 saturated heterocycles. The lowest BCUT2D eigenvalue weighted by Gasteiger charge is -2.63. The van der Waals surface area contributed by atoms with E-state index in [9.17, 15) is 29.5 Å². The number of fused-ring (bicyclic) bond motifs is 2. The van der Waals surface area contributed by atoms with Gasteiger partial charge >= 0.3 is 0 Å². The van der Waals surface area contributed by atoms with E-state index in [0.717, 1.165) is 75.6 Å². The molecule has 2 atom stereocenters. The second-order valence-corrected chi connectivity index (χ2v) is 19.4. The van der Waals surface area contributed by atoms with E-state index >= 15 is 0 Å². The topological polar surface area (TPSA) is 163 Å². The highest BCUT2D eigenvalue weighted by molar-refractivity contribution is 5.99. The molecular weight excluding hydrogens is 797 g/mol. The Kier molecular flexibility index (Phi) is 11.0. The smallest absolute Gasteiger partial charge is 0.254 e. The zero-order valence-electron chi connectivity index (χ0n) is 36.9. The Hall–Kier alpha value is -5.91. The van der Waals surface area contributed by atoms with Crippen LogP contribution in [0.4, 0.5) is 11.4 Å². The third-order valence-corrected chi connectivity index (χ3v) is 14.7. The van der Waals surface area contributed by atoms with Crippen LogP contribution in [0.5, 0.6) is 5.75 Å². The van der Waals surface area contributed by atoms with Gasteiger partial charge < -0.3 is 39.7 Å². The molecule has 1 aromatic heterocycles. The molecule has 3 aromatic carbocycles. The van der Waals surface area contributed by atoms with E-state index in [1.165, 1.54) is 6.07 Å². The number of piperazine rings is 1. The number of nitriles is 1. The van der Waals surface area contributed by atoms with Crippen LogP contribution in [0.1, 0.15) is 85.2 Å². The van der Waals surface area contributed by atoms with Crippen molar-refractivity contribution in [3.05, 3.63) is 99.3 Å². The van der Waals surface area contributed by atoms with Gasteiger partial charge in [0.05, 0.1) is 22.5 Å². The Labute approximate surface area is 368 Å². The third kappa shape index (κ3) is 7.69. The highest BCUT2D eigenvalue weighted by Gasteiger charge is 2.64. The maximum absolute atomic E-state index is 13.7. The van der Waals surface area contributed by atoms with Gasteiger partial charge in [0, 0.05) is 117 Å². The number of carbonyl (C=O) groups is 3. The first-order chi connectivity index (χ1) is 30.1. The van der Waals surface area contributed by atoms with Crippen molar-refractivity contribution in [2.24, 2.45) is 23.8 Å². The molecule has 3 amide bonds. The fourth-order valence-electron chi connectivity index (χ4n) is 11.5. The van der Waals surface area contributed by atoms with Crippen LogP contribution in [0.25, 0.3) is 10.9 Å². The summed E-state index contributed by atoms with van der Waals surface area (Å²) in [6.45, 7) is 15.6. The van der Waals surface area contributed by atoms with Gasteiger partial charge in [0.2, 0.25) is 5.91 Å². The van der Waals surface area contributed by atoms with Crippen molar-refractivity contribution in [3.8, 4) is 11.8 Å². The first-order valence-electron chi connectivity index (χ1n) is 22.4. The number of anilines is 2. The molecule has 1 aliphatic carbocycles. The van der Waals surface area contributed by atoms with Crippen LogP contribution < -0.4 is 30.6 Å². The van der Waals surface area contributed by atoms with Crippen molar-refractivity contribution in [2.45, 2.75) is 84.3 Å². The summed E-state index contributed by atoms with van der Waals surface area (Å²) >= 11 is 0. The largest absolute Gasteiger partial charge is 0.488 e. The second kappa shape index (κ2) is 16.3. The van der Waals surface area contributed by atoms with Crippen LogP contribution in [0.15, 0.2) is 71.7 Å². The Balaban J connectivity index is 0.742. The van der Waals surface area contributed by atoms with Gasteiger partial charge in [-0.15, -0.1) is 0 Å². The summed E-state index contributed by atoms with van der Waals surface area (Å²) in [5, 5.41) is 26.4. The molecule has 4 aromatic rings. The van der Waals surface area contributed by atoms with Crippen LogP contribution in [0.2, 0.25) is 0 Å². The maximum atomic E-state index is 13.7. The van der Waals surface area contributed by atoms with Crippen molar-refractivity contribution in [1.82, 2.24) is 25.0 Å². The Morgan fingerprint density at radius 2 is 1.57 bits per heavy atom. The number of rotatable bonds is 9. The molecule has 330 valence electrons. The molecule has 14 heteroatoms. The number of benzene rings is 3. The fourth-order valence-corrected chi connectivity index (χ4v) is 11.5. The quantitative estimate of drug-likeness (QED) is 0.217. The zero-order valence-corrected chi connectivity index (χ0v) is 36.9. The lowest BCUT2D eigenvalue weighted by atomic mass is 9.49. The summed E-state index contributed by atoms with van der Waals surface area (Å²) in [7, 11) is 1.81. The van der Waals surface area contributed by atoms with E-state index in [4.69, 9.17) is 4.74 Å². The minimum atomic E-state index is -1.04. The Morgan fingerprint density at radius 3 is 2.25 bits per heavy atom. The summed E-state index contributed by atoms with van der Waals surface area (Å²) in [6.07, 6.45) is 3.30. The van der Waals surface area contributed by atoms with E-state index < -0.39 is 23.1 Å². The molecule has 0 bridgehead atoms. The number of ether oxygens (including phenoxy) is 1. The number of amides is 3. The molecule has 0 spiro atoms. The van der Waals surface area contributed by atoms with Crippen LogP contribution in [-0.2, 0) is 18.4 Å². The molecule has 63 heavy (non-hydrogen) atoms. The lowest BCUT2D eigenvalue weighted by Crippen LogP contribution is -2.74. The van der Waals surface area contributed by atoms with E-state index in [2.05, 4.69) is 77.3 Å². The molecule has 0 radical (unpaired) electrons. The normalized spacial score (nSPS) is 24.7. The minimum Gasteiger partial charge on any atom is -0.488 e. The highest BCUT2D eigenvalue weighted by atomic mass is 16.5. The van der Waals surface area contributed by atoms with Gasteiger partial charge in [-0.2, -0.15) is 5.26 Å². The lowest BCUT2D eigenvalue weighted by molar-refractivity contribution is -0.163. The van der Waals surface area contributed by atoms with Crippen LogP contribution in [0, 0.1) is 28.1 Å².